The lowest BCUT2D eigenvalue weighted by molar-refractivity contribution is -0.136. The predicted octanol–water partition coefficient (Wildman–Crippen LogP) is 2.48. The van der Waals surface area contributed by atoms with E-state index in [-0.39, 0.29) is 29.6 Å². The van der Waals surface area contributed by atoms with Crippen LogP contribution in [0.2, 0.25) is 0 Å². The van der Waals surface area contributed by atoms with Crippen molar-refractivity contribution in [1.82, 2.24) is 23.9 Å². The van der Waals surface area contributed by atoms with Gasteiger partial charge in [0, 0.05) is 30.3 Å². The second kappa shape index (κ2) is 7.18. The summed E-state index contributed by atoms with van der Waals surface area (Å²) in [5.74, 6) is 0. The molecule has 168 valence electrons. The first-order valence-corrected chi connectivity index (χ1v) is 10.3. The highest BCUT2D eigenvalue weighted by atomic mass is 32.1. The van der Waals surface area contributed by atoms with Gasteiger partial charge in [0.1, 0.15) is 16.8 Å². The third kappa shape index (κ3) is 3.86. The first-order valence-electron chi connectivity index (χ1n) is 9.51. The molecule has 3 aromatic rings. The largest absolute Gasteiger partial charge is 0.390 e. The molecule has 0 radical (unpaired) electrons. The van der Waals surface area contributed by atoms with Gasteiger partial charge in [-0.15, -0.1) is 11.3 Å². The van der Waals surface area contributed by atoms with Gasteiger partial charge in [-0.1, -0.05) is 0 Å². The second-order valence-corrected chi connectivity index (χ2v) is 9.12. The van der Waals surface area contributed by atoms with Crippen LogP contribution >= 0.6 is 11.3 Å². The maximum atomic E-state index is 14.0. The number of thiophene rings is 1. The SMILES string of the molecule is Cc1c(Cn2nc[nH]c2=O)sc2c1c(=O)n(C1CC(C)(F)C1)c(=O)n2CCC(F)(F)F. The first-order chi connectivity index (χ1) is 14.4. The van der Waals surface area contributed by atoms with Crippen molar-refractivity contribution in [3.05, 3.63) is 48.1 Å². The van der Waals surface area contributed by atoms with E-state index in [1.807, 2.05) is 0 Å². The van der Waals surface area contributed by atoms with E-state index in [2.05, 4.69) is 10.1 Å². The molecule has 8 nitrogen and oxygen atoms in total. The lowest BCUT2D eigenvalue weighted by Gasteiger charge is -2.39. The molecule has 1 N–H and O–H groups in total. The number of fused-ring (bicyclic) bond motifs is 1. The summed E-state index contributed by atoms with van der Waals surface area (Å²) in [4.78, 5) is 41.0. The van der Waals surface area contributed by atoms with Gasteiger partial charge in [-0.05, 0) is 19.4 Å². The molecule has 1 saturated carbocycles. The van der Waals surface area contributed by atoms with Crippen molar-refractivity contribution in [2.45, 2.75) is 64.1 Å². The molecular weight excluding hydrogens is 442 g/mol. The van der Waals surface area contributed by atoms with Gasteiger partial charge in [-0.3, -0.25) is 18.9 Å². The molecule has 0 spiro atoms. The molecule has 1 fully saturated rings. The molecule has 3 heterocycles. The Hall–Kier alpha value is -2.70. The van der Waals surface area contributed by atoms with Gasteiger partial charge in [0.2, 0.25) is 0 Å². The standard InChI is InChI=1S/C18H19F4N5O3S/c1-9-11(7-26-15(29)23-8-24-26)31-14-12(9)13(28)27(10-5-17(2,19)6-10)16(30)25(14)4-3-18(20,21)22/h8,10H,3-7H2,1-2H3,(H,23,24,29). The van der Waals surface area contributed by atoms with E-state index in [4.69, 9.17) is 0 Å². The van der Waals surface area contributed by atoms with Crippen molar-refractivity contribution in [3.63, 3.8) is 0 Å². The van der Waals surface area contributed by atoms with E-state index in [1.54, 1.807) is 6.92 Å². The topological polar surface area (TPSA) is 94.7 Å². The minimum atomic E-state index is -4.50. The first kappa shape index (κ1) is 21.5. The van der Waals surface area contributed by atoms with Crippen LogP contribution < -0.4 is 16.9 Å². The summed E-state index contributed by atoms with van der Waals surface area (Å²) in [6.45, 7) is 2.29. The van der Waals surface area contributed by atoms with E-state index in [9.17, 15) is 31.9 Å². The Labute approximate surface area is 175 Å². The van der Waals surface area contributed by atoms with Gasteiger partial charge in [-0.2, -0.15) is 18.3 Å². The molecule has 0 atom stereocenters. The summed E-state index contributed by atoms with van der Waals surface area (Å²) in [6, 6.07) is -0.715. The average Bonchev–Trinajstić information content (AvgIpc) is 3.16. The number of halogens is 4. The van der Waals surface area contributed by atoms with Gasteiger partial charge >= 0.3 is 17.6 Å². The predicted molar refractivity (Wildman–Crippen MR) is 105 cm³/mol. The smallest absolute Gasteiger partial charge is 0.295 e. The van der Waals surface area contributed by atoms with Crippen LogP contribution in [-0.2, 0) is 13.1 Å². The van der Waals surface area contributed by atoms with Crippen LogP contribution in [0.1, 0.15) is 42.7 Å². The molecule has 1 aliphatic rings. The number of aromatic amines is 1. The molecule has 13 heteroatoms. The van der Waals surface area contributed by atoms with Gasteiger partial charge in [0.25, 0.3) is 5.56 Å². The number of alkyl halides is 4. The zero-order valence-corrected chi connectivity index (χ0v) is 17.4. The third-order valence-corrected chi connectivity index (χ3v) is 6.86. The zero-order valence-electron chi connectivity index (χ0n) is 16.6. The van der Waals surface area contributed by atoms with E-state index in [0.29, 0.717) is 10.4 Å². The molecule has 0 bridgehead atoms. The van der Waals surface area contributed by atoms with Crippen LogP contribution in [0.25, 0.3) is 10.2 Å². The van der Waals surface area contributed by atoms with Crippen molar-refractivity contribution in [3.8, 4) is 0 Å². The Morgan fingerprint density at radius 1 is 1.29 bits per heavy atom. The molecule has 3 aromatic heterocycles. The van der Waals surface area contributed by atoms with Crippen LogP contribution in [0.3, 0.4) is 0 Å². The number of aromatic nitrogens is 5. The maximum absolute atomic E-state index is 14.0. The lowest BCUT2D eigenvalue weighted by Crippen LogP contribution is -2.49. The van der Waals surface area contributed by atoms with Gasteiger partial charge < -0.3 is 0 Å². The molecule has 31 heavy (non-hydrogen) atoms. The molecule has 0 aliphatic heterocycles. The fraction of sp³-hybridized carbons (Fsp3) is 0.556. The molecular formula is C18H19F4N5O3S. The van der Waals surface area contributed by atoms with E-state index < -0.39 is 47.8 Å². The van der Waals surface area contributed by atoms with Crippen molar-refractivity contribution < 1.29 is 17.6 Å². The molecule has 0 aromatic carbocycles. The monoisotopic (exact) mass is 461 g/mol. The summed E-state index contributed by atoms with van der Waals surface area (Å²) in [5.41, 5.74) is -3.10. The summed E-state index contributed by atoms with van der Waals surface area (Å²) >= 11 is 0.977. The summed E-state index contributed by atoms with van der Waals surface area (Å²) in [5, 5.41) is 3.96. The molecule has 1 aliphatic carbocycles. The minimum absolute atomic E-state index is 0.00755. The highest BCUT2D eigenvalue weighted by Gasteiger charge is 2.43. The number of nitrogens with zero attached hydrogens (tertiary/aromatic N) is 4. The number of rotatable bonds is 5. The average molecular weight is 461 g/mol. The summed E-state index contributed by atoms with van der Waals surface area (Å²) in [7, 11) is 0. The highest BCUT2D eigenvalue weighted by molar-refractivity contribution is 7.18. The third-order valence-electron chi connectivity index (χ3n) is 5.56. The van der Waals surface area contributed by atoms with Crippen LogP contribution in [0, 0.1) is 6.92 Å². The van der Waals surface area contributed by atoms with Crippen LogP contribution in [-0.4, -0.2) is 35.7 Å². The van der Waals surface area contributed by atoms with E-state index in [1.165, 1.54) is 13.3 Å². The zero-order chi connectivity index (χ0) is 22.7. The quantitative estimate of drug-likeness (QED) is 0.591. The molecule has 0 amide bonds. The number of nitrogens with one attached hydrogen (secondary N) is 1. The maximum Gasteiger partial charge on any atom is 0.390 e. The van der Waals surface area contributed by atoms with Crippen molar-refractivity contribution in [1.29, 1.82) is 0 Å². The van der Waals surface area contributed by atoms with Gasteiger partial charge in [-0.25, -0.2) is 18.7 Å². The van der Waals surface area contributed by atoms with Crippen LogP contribution in [0.4, 0.5) is 17.6 Å². The van der Waals surface area contributed by atoms with Crippen LogP contribution in [0.15, 0.2) is 20.7 Å². The lowest BCUT2D eigenvalue weighted by atomic mass is 9.78. The fourth-order valence-electron chi connectivity index (χ4n) is 3.95. The second-order valence-electron chi connectivity index (χ2n) is 8.03. The Balaban J connectivity index is 1.90. The fourth-order valence-corrected chi connectivity index (χ4v) is 5.25. The molecule has 0 saturated heterocycles. The number of H-pyrrole nitrogens is 1. The van der Waals surface area contributed by atoms with E-state index in [0.717, 1.165) is 25.2 Å². The normalized spacial score (nSPS) is 21.5. The Morgan fingerprint density at radius 2 is 1.97 bits per heavy atom. The van der Waals surface area contributed by atoms with E-state index >= 15 is 0 Å². The number of hydrogen-bond acceptors (Lipinski definition) is 5. The Bertz CT molecular complexity index is 1320. The Morgan fingerprint density at radius 3 is 2.52 bits per heavy atom. The van der Waals surface area contributed by atoms with Crippen molar-refractivity contribution in [2.24, 2.45) is 0 Å². The summed E-state index contributed by atoms with van der Waals surface area (Å²) < 4.78 is 55.6. The highest BCUT2D eigenvalue weighted by Crippen LogP contribution is 2.43. The number of aryl methyl sites for hydroxylation is 2. The van der Waals surface area contributed by atoms with Crippen LogP contribution in [0.5, 0.6) is 0 Å². The number of hydrogen-bond donors (Lipinski definition) is 1. The van der Waals surface area contributed by atoms with Crippen molar-refractivity contribution >= 4 is 21.6 Å². The minimum Gasteiger partial charge on any atom is -0.295 e. The van der Waals surface area contributed by atoms with Crippen molar-refractivity contribution in [2.75, 3.05) is 0 Å². The van der Waals surface area contributed by atoms with Gasteiger partial charge in [0.15, 0.2) is 0 Å². The summed E-state index contributed by atoms with van der Waals surface area (Å²) in [6.07, 6.45) is -4.69. The van der Waals surface area contributed by atoms with Gasteiger partial charge in [0.05, 0.1) is 18.4 Å². The Kier molecular flexibility index (Phi) is 4.98. The molecule has 4 rings (SSSR count). The molecule has 0 unspecified atom stereocenters.